The van der Waals surface area contributed by atoms with E-state index in [0.29, 0.717) is 11.8 Å². The zero-order chi connectivity index (χ0) is 25.4. The lowest BCUT2D eigenvalue weighted by Gasteiger charge is -2.75. The van der Waals surface area contributed by atoms with Gasteiger partial charge in [-0.05, 0) is 94.0 Å². The predicted molar refractivity (Wildman–Crippen MR) is 141 cm³/mol. The average molecular weight is 502 g/mol. The van der Waals surface area contributed by atoms with E-state index in [1.54, 1.807) is 0 Å². The monoisotopic (exact) mass is 501 g/mol. The summed E-state index contributed by atoms with van der Waals surface area (Å²) < 4.78 is 13.6. The molecule has 0 aromatic heterocycles. The number of nitrogens with zero attached hydrogens (tertiary/aromatic N) is 1. The molecule has 0 unspecified atom stereocenters. The highest BCUT2D eigenvalue weighted by atomic mass is 16.6. The van der Waals surface area contributed by atoms with E-state index in [2.05, 4.69) is 30.0 Å². The molecule has 7 aliphatic rings. The molecule has 2 N–H and O–H groups in total. The van der Waals surface area contributed by atoms with E-state index in [4.69, 9.17) is 9.47 Å². The predicted octanol–water partition coefficient (Wildman–Crippen LogP) is 4.83. The number of aliphatic hydroxyl groups is 1. The molecule has 2 spiro atoms. The van der Waals surface area contributed by atoms with E-state index in [1.807, 2.05) is 32.2 Å². The quantitative estimate of drug-likeness (QED) is 0.614. The van der Waals surface area contributed by atoms with Gasteiger partial charge in [0.05, 0.1) is 5.60 Å². The number of benzene rings is 2. The number of aromatic hydroxyl groups is 1. The van der Waals surface area contributed by atoms with Gasteiger partial charge in [0.1, 0.15) is 11.7 Å². The van der Waals surface area contributed by atoms with Crippen molar-refractivity contribution in [3.05, 3.63) is 58.7 Å². The maximum atomic E-state index is 12.5. The van der Waals surface area contributed by atoms with Crippen LogP contribution < -0.4 is 4.74 Å². The van der Waals surface area contributed by atoms with E-state index in [-0.39, 0.29) is 28.6 Å². The fourth-order valence-electron chi connectivity index (χ4n) is 10.4. The minimum atomic E-state index is -1.06. The molecular formula is C32H39NO4. The second-order valence-electron chi connectivity index (χ2n) is 13.4. The van der Waals surface area contributed by atoms with Crippen LogP contribution in [0.25, 0.3) is 0 Å². The zero-order valence-corrected chi connectivity index (χ0v) is 22.3. The Hall–Kier alpha value is -2.08. The molecule has 4 bridgehead atoms. The number of hydrogen-bond donors (Lipinski definition) is 2. The summed E-state index contributed by atoms with van der Waals surface area (Å²) in [5.41, 5.74) is 2.86. The molecule has 9 rings (SSSR count). The summed E-state index contributed by atoms with van der Waals surface area (Å²) >= 11 is 0. The first kappa shape index (κ1) is 22.9. The number of aryl methyl sites for hydroxylation is 1. The number of piperidine rings is 1. The van der Waals surface area contributed by atoms with Crippen LogP contribution >= 0.6 is 0 Å². The van der Waals surface area contributed by atoms with Crippen LogP contribution in [0.3, 0.4) is 0 Å². The number of hydrogen-bond acceptors (Lipinski definition) is 5. The Morgan fingerprint density at radius 3 is 2.70 bits per heavy atom. The molecule has 5 heteroatoms. The van der Waals surface area contributed by atoms with Gasteiger partial charge in [0.15, 0.2) is 11.5 Å². The van der Waals surface area contributed by atoms with E-state index >= 15 is 0 Å². The number of phenolic OH excluding ortho intramolecular Hbond substituents is 1. The van der Waals surface area contributed by atoms with Crippen molar-refractivity contribution in [3.63, 3.8) is 0 Å². The summed E-state index contributed by atoms with van der Waals surface area (Å²) in [6.45, 7) is 6.39. The minimum Gasteiger partial charge on any atom is -0.504 e. The van der Waals surface area contributed by atoms with E-state index in [1.165, 1.54) is 30.5 Å². The topological polar surface area (TPSA) is 62.2 Å². The largest absolute Gasteiger partial charge is 0.504 e. The molecule has 0 amide bonds. The first-order valence-corrected chi connectivity index (χ1v) is 14.4. The first-order valence-electron chi connectivity index (χ1n) is 14.4. The molecule has 4 saturated carbocycles. The highest BCUT2D eigenvalue weighted by Crippen LogP contribution is 2.78. The Labute approximate surface area is 219 Å². The molecule has 2 aliphatic heterocycles. The molecule has 2 aromatic rings. The summed E-state index contributed by atoms with van der Waals surface area (Å²) in [5.74, 6) is 1.68. The number of likely N-dealkylation sites (tertiary alicyclic amines) is 1. The average Bonchev–Trinajstić information content (AvgIpc) is 3.63. The number of rotatable bonds is 5. The summed E-state index contributed by atoms with van der Waals surface area (Å²) in [6.07, 6.45) is 7.43. The van der Waals surface area contributed by atoms with Crippen LogP contribution in [0.1, 0.15) is 67.7 Å². The maximum absolute atomic E-state index is 12.5. The lowest BCUT2D eigenvalue weighted by molar-refractivity contribution is -0.304. The van der Waals surface area contributed by atoms with Crippen LogP contribution in [-0.4, -0.2) is 53.1 Å². The molecule has 196 valence electrons. The normalized spacial score (nSPS) is 40.7. The molecule has 5 aliphatic carbocycles. The highest BCUT2D eigenvalue weighted by molar-refractivity contribution is 5.63. The van der Waals surface area contributed by atoms with Gasteiger partial charge < -0.3 is 19.7 Å². The molecule has 37 heavy (non-hydrogen) atoms. The summed E-state index contributed by atoms with van der Waals surface area (Å²) in [4.78, 5) is 2.82. The number of phenols is 1. The Morgan fingerprint density at radius 2 is 1.95 bits per heavy atom. The van der Waals surface area contributed by atoms with Gasteiger partial charge >= 0.3 is 0 Å². The second kappa shape index (κ2) is 7.11. The second-order valence-corrected chi connectivity index (χ2v) is 13.4. The van der Waals surface area contributed by atoms with Gasteiger partial charge in [-0.3, -0.25) is 4.90 Å². The Bertz CT molecular complexity index is 1300. The molecule has 7 atom stereocenters. The van der Waals surface area contributed by atoms with E-state index in [0.717, 1.165) is 55.7 Å². The van der Waals surface area contributed by atoms with Gasteiger partial charge in [0.2, 0.25) is 0 Å². The van der Waals surface area contributed by atoms with E-state index in [9.17, 15) is 10.2 Å². The van der Waals surface area contributed by atoms with Gasteiger partial charge in [-0.1, -0.05) is 30.3 Å². The summed E-state index contributed by atoms with van der Waals surface area (Å²) in [7, 11) is 1.82. The van der Waals surface area contributed by atoms with Crippen molar-refractivity contribution in [1.82, 2.24) is 4.90 Å². The smallest absolute Gasteiger partial charge is 0.165 e. The molecule has 0 radical (unpaired) electrons. The van der Waals surface area contributed by atoms with Gasteiger partial charge in [-0.15, -0.1) is 0 Å². The molecule has 2 heterocycles. The highest BCUT2D eigenvalue weighted by Gasteiger charge is 2.82. The molecule has 1 saturated heterocycles. The standard InChI is InChI=1S/C32H39NO4/c1-19-6-4-5-7-22(19)29(2,35)24-17-30-12-13-32(24,36-3)28-31(30)14-15-33(18-20-8-9-20)25(30)16-21-10-11-23(34)27(37-28)26(21)31/h4-7,10-11,20,24-25,28,34-35H,8-9,12-18H2,1-3H3/t24-,25-,28-,29-,30-,31+,32-/m1/s1. The fourth-order valence-corrected chi connectivity index (χ4v) is 10.4. The van der Waals surface area contributed by atoms with Crippen molar-refractivity contribution in [2.45, 2.75) is 87.6 Å². The lowest BCUT2D eigenvalue weighted by Crippen LogP contribution is -2.82. The van der Waals surface area contributed by atoms with Crippen LogP contribution in [0.4, 0.5) is 0 Å². The maximum Gasteiger partial charge on any atom is 0.165 e. The van der Waals surface area contributed by atoms with E-state index < -0.39 is 11.2 Å². The third-order valence-corrected chi connectivity index (χ3v) is 12.0. The van der Waals surface area contributed by atoms with Crippen LogP contribution in [0.2, 0.25) is 0 Å². The summed E-state index contributed by atoms with van der Waals surface area (Å²) in [6, 6.07) is 12.7. The van der Waals surface area contributed by atoms with Gasteiger partial charge in [0.25, 0.3) is 0 Å². The van der Waals surface area contributed by atoms with Gasteiger partial charge in [-0.2, -0.15) is 0 Å². The summed E-state index contributed by atoms with van der Waals surface area (Å²) in [5, 5.41) is 23.6. The van der Waals surface area contributed by atoms with Crippen LogP contribution in [0, 0.1) is 24.2 Å². The third-order valence-electron chi connectivity index (χ3n) is 12.0. The molecule has 5 fully saturated rings. The van der Waals surface area contributed by atoms with Crippen molar-refractivity contribution in [2.24, 2.45) is 17.3 Å². The van der Waals surface area contributed by atoms with Crippen molar-refractivity contribution in [1.29, 1.82) is 0 Å². The lowest BCUT2D eigenvalue weighted by atomic mass is 9.33. The number of fused-ring (bicyclic) bond motifs is 2. The Kier molecular flexibility index (Phi) is 4.39. The number of methoxy groups -OCH3 is 1. The van der Waals surface area contributed by atoms with Gasteiger partial charge in [0, 0.05) is 42.0 Å². The molecular weight excluding hydrogens is 462 g/mol. The fraction of sp³-hybridized carbons (Fsp3) is 0.625. The van der Waals surface area contributed by atoms with Crippen molar-refractivity contribution in [3.8, 4) is 11.5 Å². The SMILES string of the molecule is CO[C@]12CC[C@@]3(C[C@@H]1[C@](C)(O)c1ccccc1C)[C@H]1Cc4ccc(O)c5c4[C@@]3(CCN1CC1CC1)[C@H]2O5. The van der Waals surface area contributed by atoms with Gasteiger partial charge in [-0.25, -0.2) is 0 Å². The third kappa shape index (κ3) is 2.53. The Morgan fingerprint density at radius 1 is 1.14 bits per heavy atom. The van der Waals surface area contributed by atoms with Crippen LogP contribution in [-0.2, 0) is 22.2 Å². The van der Waals surface area contributed by atoms with Crippen molar-refractivity contribution < 1.29 is 19.7 Å². The van der Waals surface area contributed by atoms with Crippen molar-refractivity contribution in [2.75, 3.05) is 20.2 Å². The van der Waals surface area contributed by atoms with Crippen molar-refractivity contribution >= 4 is 0 Å². The Balaban J connectivity index is 1.36. The van der Waals surface area contributed by atoms with Crippen LogP contribution in [0.15, 0.2) is 36.4 Å². The number of ether oxygens (including phenoxy) is 2. The first-order chi connectivity index (χ1) is 17.8. The zero-order valence-electron chi connectivity index (χ0n) is 22.3. The molecule has 2 aromatic carbocycles. The minimum absolute atomic E-state index is 0.00548. The molecule has 5 nitrogen and oxygen atoms in total. The van der Waals surface area contributed by atoms with Crippen LogP contribution in [0.5, 0.6) is 11.5 Å².